The van der Waals surface area contributed by atoms with Crippen molar-refractivity contribution in [1.82, 2.24) is 15.1 Å². The Labute approximate surface area is 86.4 Å². The Hall–Kier alpha value is -0.120. The summed E-state index contributed by atoms with van der Waals surface area (Å²) in [6.07, 6.45) is 4.16. The van der Waals surface area contributed by atoms with Gasteiger partial charge in [-0.2, -0.15) is 0 Å². The molecule has 0 aromatic carbocycles. The van der Waals surface area contributed by atoms with Crippen LogP contribution < -0.4 is 5.32 Å². The number of piperazine rings is 1. The van der Waals surface area contributed by atoms with E-state index in [0.717, 1.165) is 12.1 Å². The van der Waals surface area contributed by atoms with Gasteiger partial charge in [0.05, 0.1) is 0 Å². The first kappa shape index (κ1) is 9.13. The lowest BCUT2D eigenvalue weighted by molar-refractivity contribution is 0.0737. The van der Waals surface area contributed by atoms with Crippen LogP contribution in [0.25, 0.3) is 0 Å². The first-order chi connectivity index (χ1) is 6.93. The van der Waals surface area contributed by atoms with Crippen molar-refractivity contribution >= 4 is 0 Å². The van der Waals surface area contributed by atoms with Crippen molar-refractivity contribution in [2.45, 2.75) is 31.3 Å². The molecule has 3 nitrogen and oxygen atoms in total. The van der Waals surface area contributed by atoms with Gasteiger partial charge in [0, 0.05) is 31.7 Å². The van der Waals surface area contributed by atoms with E-state index in [2.05, 4.69) is 15.1 Å². The summed E-state index contributed by atoms with van der Waals surface area (Å²) in [5, 5.41) is 3.46. The first-order valence-electron chi connectivity index (χ1n) is 6.12. The third-order valence-corrected chi connectivity index (χ3v) is 4.17. The molecule has 14 heavy (non-hydrogen) atoms. The number of hydrogen-bond acceptors (Lipinski definition) is 3. The number of rotatable bonds is 1. The fraction of sp³-hybridized carbons (Fsp3) is 1.00. The van der Waals surface area contributed by atoms with Crippen molar-refractivity contribution in [1.29, 1.82) is 0 Å². The number of nitrogens with one attached hydrogen (secondary N) is 1. The lowest BCUT2D eigenvalue weighted by Crippen LogP contribution is -2.53. The summed E-state index contributed by atoms with van der Waals surface area (Å²) >= 11 is 0. The highest BCUT2D eigenvalue weighted by atomic mass is 15.3. The Morgan fingerprint density at radius 3 is 2.57 bits per heavy atom. The van der Waals surface area contributed by atoms with Crippen molar-refractivity contribution in [3.63, 3.8) is 0 Å². The molecule has 80 valence electrons. The van der Waals surface area contributed by atoms with Crippen molar-refractivity contribution in [3.8, 4) is 0 Å². The van der Waals surface area contributed by atoms with Crippen molar-refractivity contribution < 1.29 is 0 Å². The molecule has 3 heteroatoms. The van der Waals surface area contributed by atoms with Crippen LogP contribution in [0.15, 0.2) is 0 Å². The largest absolute Gasteiger partial charge is 0.317 e. The van der Waals surface area contributed by atoms with Gasteiger partial charge in [-0.1, -0.05) is 0 Å². The highest BCUT2D eigenvalue weighted by Gasteiger charge is 2.36. The maximum atomic E-state index is 3.46. The molecule has 3 aliphatic heterocycles. The van der Waals surface area contributed by atoms with Gasteiger partial charge in [0.2, 0.25) is 0 Å². The molecule has 0 aliphatic carbocycles. The van der Waals surface area contributed by atoms with Crippen LogP contribution in [0.5, 0.6) is 0 Å². The lowest BCUT2D eigenvalue weighted by Gasteiger charge is -2.41. The minimum atomic E-state index is 0.890. The van der Waals surface area contributed by atoms with E-state index in [1.54, 1.807) is 0 Å². The molecule has 2 unspecified atom stereocenters. The first-order valence-corrected chi connectivity index (χ1v) is 6.12. The minimum Gasteiger partial charge on any atom is -0.317 e. The summed E-state index contributed by atoms with van der Waals surface area (Å²) in [6.45, 7) is 7.82. The summed E-state index contributed by atoms with van der Waals surface area (Å²) in [6, 6.07) is 1.79. The molecule has 0 amide bonds. The zero-order chi connectivity index (χ0) is 9.38. The molecule has 2 atom stereocenters. The average molecular weight is 195 g/mol. The second-order valence-corrected chi connectivity index (χ2v) is 4.96. The van der Waals surface area contributed by atoms with Crippen molar-refractivity contribution in [3.05, 3.63) is 0 Å². The standard InChI is InChI=1S/C11H21N3/c1-4-12-5-2-10(1)14-8-7-13-6-3-11(14)9-13/h10-12H,1-9H2. The van der Waals surface area contributed by atoms with Gasteiger partial charge >= 0.3 is 0 Å². The summed E-state index contributed by atoms with van der Waals surface area (Å²) in [5.74, 6) is 0. The van der Waals surface area contributed by atoms with E-state index in [4.69, 9.17) is 0 Å². The average Bonchev–Trinajstić information content (AvgIpc) is 2.62. The van der Waals surface area contributed by atoms with Crippen LogP contribution in [0, 0.1) is 0 Å². The quantitative estimate of drug-likeness (QED) is 0.641. The SMILES string of the molecule is C1CC(N2CCN3CCC2C3)CCN1. The highest BCUT2D eigenvalue weighted by molar-refractivity contribution is 4.93. The Kier molecular flexibility index (Phi) is 2.48. The predicted octanol–water partition coefficient (Wildman–Crippen LogP) is 0.128. The van der Waals surface area contributed by atoms with Crippen molar-refractivity contribution in [2.75, 3.05) is 39.3 Å². The van der Waals surface area contributed by atoms with Crippen LogP contribution in [0.2, 0.25) is 0 Å². The molecule has 2 bridgehead atoms. The fourth-order valence-corrected chi connectivity index (χ4v) is 3.34. The van der Waals surface area contributed by atoms with Crippen LogP contribution in [-0.4, -0.2) is 61.2 Å². The van der Waals surface area contributed by atoms with E-state index < -0.39 is 0 Å². The van der Waals surface area contributed by atoms with E-state index in [9.17, 15) is 0 Å². The molecule has 0 saturated carbocycles. The van der Waals surface area contributed by atoms with E-state index in [1.807, 2.05) is 0 Å². The van der Waals surface area contributed by atoms with Crippen LogP contribution in [0.3, 0.4) is 0 Å². The maximum absolute atomic E-state index is 3.46. The lowest BCUT2D eigenvalue weighted by atomic mass is 10.0. The van der Waals surface area contributed by atoms with Crippen molar-refractivity contribution in [2.24, 2.45) is 0 Å². The zero-order valence-electron chi connectivity index (χ0n) is 8.91. The molecule has 1 N–H and O–H groups in total. The Bertz CT molecular complexity index is 201. The number of piperidine rings is 1. The molecule has 3 fully saturated rings. The third kappa shape index (κ3) is 1.58. The van der Waals surface area contributed by atoms with Gasteiger partial charge in [0.25, 0.3) is 0 Å². The van der Waals surface area contributed by atoms with Gasteiger partial charge in [-0.05, 0) is 38.9 Å². The summed E-state index contributed by atoms with van der Waals surface area (Å²) < 4.78 is 0. The summed E-state index contributed by atoms with van der Waals surface area (Å²) in [4.78, 5) is 5.44. The zero-order valence-corrected chi connectivity index (χ0v) is 8.91. The Morgan fingerprint density at radius 2 is 1.71 bits per heavy atom. The third-order valence-electron chi connectivity index (χ3n) is 4.17. The Morgan fingerprint density at radius 1 is 0.857 bits per heavy atom. The number of hydrogen-bond donors (Lipinski definition) is 1. The van der Waals surface area contributed by atoms with Gasteiger partial charge in [-0.3, -0.25) is 4.90 Å². The van der Waals surface area contributed by atoms with E-state index in [-0.39, 0.29) is 0 Å². The van der Waals surface area contributed by atoms with E-state index in [1.165, 1.54) is 58.5 Å². The van der Waals surface area contributed by atoms with E-state index >= 15 is 0 Å². The van der Waals surface area contributed by atoms with Crippen LogP contribution >= 0.6 is 0 Å². The molecule has 0 spiro atoms. The second kappa shape index (κ2) is 3.80. The highest BCUT2D eigenvalue weighted by Crippen LogP contribution is 2.25. The maximum Gasteiger partial charge on any atom is 0.0238 e. The monoisotopic (exact) mass is 195 g/mol. The minimum absolute atomic E-state index is 0.890. The Balaban J connectivity index is 1.65. The fourth-order valence-electron chi connectivity index (χ4n) is 3.34. The van der Waals surface area contributed by atoms with Crippen LogP contribution in [0.1, 0.15) is 19.3 Å². The molecule has 3 aliphatic rings. The molecular formula is C11H21N3. The summed E-state index contributed by atoms with van der Waals surface area (Å²) in [5.41, 5.74) is 0. The molecule has 0 radical (unpaired) electrons. The van der Waals surface area contributed by atoms with Gasteiger partial charge in [-0.25, -0.2) is 0 Å². The predicted molar refractivity (Wildman–Crippen MR) is 57.4 cm³/mol. The molecule has 0 aromatic rings. The molecule has 3 heterocycles. The van der Waals surface area contributed by atoms with Crippen LogP contribution in [-0.2, 0) is 0 Å². The normalized spacial score (nSPS) is 40.3. The molecule has 0 aromatic heterocycles. The summed E-state index contributed by atoms with van der Waals surface area (Å²) in [7, 11) is 0. The smallest absolute Gasteiger partial charge is 0.0238 e. The molecule has 3 rings (SSSR count). The van der Waals surface area contributed by atoms with Gasteiger partial charge in [-0.15, -0.1) is 0 Å². The van der Waals surface area contributed by atoms with E-state index in [0.29, 0.717) is 0 Å². The van der Waals surface area contributed by atoms with Gasteiger partial charge < -0.3 is 10.2 Å². The second-order valence-electron chi connectivity index (χ2n) is 4.96. The molecule has 3 saturated heterocycles. The number of nitrogens with zero attached hydrogens (tertiary/aromatic N) is 2. The van der Waals surface area contributed by atoms with Gasteiger partial charge in [0.15, 0.2) is 0 Å². The molecular weight excluding hydrogens is 174 g/mol. The topological polar surface area (TPSA) is 18.5 Å². The number of fused-ring (bicyclic) bond motifs is 2. The van der Waals surface area contributed by atoms with Crippen LogP contribution in [0.4, 0.5) is 0 Å². The van der Waals surface area contributed by atoms with Gasteiger partial charge in [0.1, 0.15) is 0 Å².